The number of hydrogen-bond acceptors (Lipinski definition) is 0. The summed E-state index contributed by atoms with van der Waals surface area (Å²) in [4.78, 5) is 0. The molecule has 0 atom stereocenters. The van der Waals surface area contributed by atoms with Crippen LogP contribution in [0.1, 0.15) is 17.5 Å². The SMILES string of the molecule is C[Si](C)=[Zr+2].Cc1cc2ccccc2[cH-]1.[C-]1=CC(c2ccccc2)=CC1.[Cl-].[Cl-]. The van der Waals surface area contributed by atoms with Gasteiger partial charge in [0, 0.05) is 0 Å². The fraction of sp³-hybridized carbons (Fsp3) is 0.174. The van der Waals surface area contributed by atoms with Crippen LogP contribution in [-0.2, 0) is 23.3 Å². The molecule has 140 valence electrons. The predicted octanol–water partition coefficient (Wildman–Crippen LogP) is 0.493. The van der Waals surface area contributed by atoms with Crippen LogP contribution in [0.4, 0.5) is 0 Å². The summed E-state index contributed by atoms with van der Waals surface area (Å²) in [6, 6.07) is 23.2. The Morgan fingerprint density at radius 1 is 0.963 bits per heavy atom. The van der Waals surface area contributed by atoms with Gasteiger partial charge < -0.3 is 24.8 Å². The average molecular weight is 491 g/mol. The fourth-order valence-corrected chi connectivity index (χ4v) is 2.53. The molecule has 0 saturated carbocycles. The monoisotopic (exact) mass is 488 g/mol. The van der Waals surface area contributed by atoms with Gasteiger partial charge in [-0.05, 0) is 0 Å². The van der Waals surface area contributed by atoms with E-state index in [1.165, 1.54) is 27.5 Å². The summed E-state index contributed by atoms with van der Waals surface area (Å²) in [6.07, 6.45) is 8.36. The summed E-state index contributed by atoms with van der Waals surface area (Å²) >= 11 is 1.74. The van der Waals surface area contributed by atoms with E-state index in [0.29, 0.717) is 0 Å². The Labute approximate surface area is 191 Å². The fourth-order valence-electron chi connectivity index (χ4n) is 2.53. The van der Waals surface area contributed by atoms with Gasteiger partial charge in [-0.25, -0.2) is 6.08 Å². The maximum absolute atomic E-state index is 3.15. The van der Waals surface area contributed by atoms with Gasteiger partial charge in [0.1, 0.15) is 0 Å². The minimum Gasteiger partial charge on any atom is -1.00 e. The van der Waals surface area contributed by atoms with Crippen LogP contribution in [0.25, 0.3) is 16.3 Å². The molecule has 0 radical (unpaired) electrons. The largest absolute Gasteiger partial charge is 1.00 e. The number of rotatable bonds is 1. The molecule has 3 aromatic carbocycles. The van der Waals surface area contributed by atoms with Gasteiger partial charge in [-0.1, -0.05) is 43.3 Å². The Morgan fingerprint density at radius 2 is 1.56 bits per heavy atom. The first kappa shape index (κ1) is 26.2. The Hall–Kier alpha value is -0.790. The van der Waals surface area contributed by atoms with Crippen LogP contribution >= 0.6 is 0 Å². The zero-order valence-corrected chi connectivity index (χ0v) is 20.9. The van der Waals surface area contributed by atoms with Crippen molar-refractivity contribution in [3.63, 3.8) is 0 Å². The van der Waals surface area contributed by atoms with E-state index in [1.54, 1.807) is 23.3 Å². The molecule has 0 heterocycles. The topological polar surface area (TPSA) is 0 Å². The Morgan fingerprint density at radius 3 is 2.11 bits per heavy atom. The first-order valence-electron chi connectivity index (χ1n) is 8.52. The minimum absolute atomic E-state index is 0. The first-order chi connectivity index (χ1) is 12.1. The second kappa shape index (κ2) is 14.2. The molecule has 0 N–H and O–H groups in total. The van der Waals surface area contributed by atoms with Crippen molar-refractivity contribution in [1.29, 1.82) is 0 Å². The standard InChI is InChI=1S/C11H9.C10H9.C2H6Si.2ClH.Zr/c1-2-6-10(7-3-1)11-8-4-5-9-11;1-8-6-9-4-2-3-5-10(9)7-8;1-3-2;;;/h1-3,6-9H,4H2;2-7H,1H3;1-2H3;2*1H;/q2*-1;;;;+2/p-2. The maximum atomic E-state index is 3.15. The second-order valence-electron chi connectivity index (χ2n) is 6.24. The van der Waals surface area contributed by atoms with E-state index in [4.69, 9.17) is 0 Å². The van der Waals surface area contributed by atoms with Gasteiger partial charge in [-0.2, -0.15) is 17.7 Å². The molecule has 4 rings (SSSR count). The van der Waals surface area contributed by atoms with Gasteiger partial charge in [-0.15, -0.1) is 52.6 Å². The molecule has 4 heteroatoms. The van der Waals surface area contributed by atoms with Crippen molar-refractivity contribution in [1.82, 2.24) is 0 Å². The minimum atomic E-state index is 0. The van der Waals surface area contributed by atoms with E-state index in [0.717, 1.165) is 6.42 Å². The van der Waals surface area contributed by atoms with Gasteiger partial charge in [0.2, 0.25) is 0 Å². The quantitative estimate of drug-likeness (QED) is 0.344. The molecule has 0 aromatic heterocycles. The summed E-state index contributed by atoms with van der Waals surface area (Å²) in [5, 5.41) is 2.69. The number of benzene rings is 2. The van der Waals surface area contributed by atoms with E-state index in [2.05, 4.69) is 98.9 Å². The van der Waals surface area contributed by atoms with E-state index in [9.17, 15) is 0 Å². The molecule has 0 fully saturated rings. The molecule has 1 aliphatic carbocycles. The van der Waals surface area contributed by atoms with Crippen molar-refractivity contribution < 1.29 is 48.1 Å². The molecule has 0 unspecified atom stereocenters. The maximum Gasteiger partial charge on any atom is -0.0579 e. The van der Waals surface area contributed by atoms with Gasteiger partial charge in [0.05, 0.1) is 0 Å². The molecule has 1 aliphatic rings. The average Bonchev–Trinajstić information content (AvgIpc) is 3.24. The molecule has 27 heavy (non-hydrogen) atoms. The molecule has 0 spiro atoms. The third-order valence-electron chi connectivity index (χ3n) is 3.57. The van der Waals surface area contributed by atoms with Crippen LogP contribution in [0.5, 0.6) is 0 Å². The molecule has 0 amide bonds. The van der Waals surface area contributed by atoms with Crippen LogP contribution in [0.3, 0.4) is 0 Å². The van der Waals surface area contributed by atoms with Crippen molar-refractivity contribution in [2.75, 3.05) is 0 Å². The first-order valence-corrected chi connectivity index (χ1v) is 14.7. The van der Waals surface area contributed by atoms with Crippen molar-refractivity contribution in [3.8, 4) is 0 Å². The van der Waals surface area contributed by atoms with Crippen molar-refractivity contribution in [2.45, 2.75) is 26.4 Å². The van der Waals surface area contributed by atoms with Gasteiger partial charge >= 0.3 is 41.9 Å². The normalized spacial score (nSPS) is 11.1. The van der Waals surface area contributed by atoms with E-state index in [-0.39, 0.29) is 30.2 Å². The van der Waals surface area contributed by atoms with Gasteiger partial charge in [0.25, 0.3) is 0 Å². The third-order valence-corrected chi connectivity index (χ3v) is 3.57. The zero-order valence-electron chi connectivity index (χ0n) is 16.0. The number of allylic oxidation sites excluding steroid dienone is 4. The number of halogens is 2. The van der Waals surface area contributed by atoms with E-state index < -0.39 is 0 Å². The molecule has 0 aliphatic heterocycles. The predicted molar refractivity (Wildman–Crippen MR) is 109 cm³/mol. The zero-order chi connectivity index (χ0) is 18.1. The Balaban J connectivity index is 0.000000397. The Kier molecular flexibility index (Phi) is 13.8. The van der Waals surface area contributed by atoms with E-state index in [1.807, 2.05) is 6.07 Å². The number of fused-ring (bicyclic) bond motifs is 1. The number of hydrogen-bond donors (Lipinski definition) is 0. The number of aryl methyl sites for hydroxylation is 1. The van der Waals surface area contributed by atoms with Crippen molar-refractivity contribution in [2.24, 2.45) is 0 Å². The Bertz CT molecular complexity index is 843. The third kappa shape index (κ3) is 9.81. The molecule has 0 saturated heterocycles. The van der Waals surface area contributed by atoms with Gasteiger partial charge in [-0.3, -0.25) is 6.08 Å². The molecule has 0 bridgehead atoms. The summed E-state index contributed by atoms with van der Waals surface area (Å²) in [7, 11) is 0. The van der Waals surface area contributed by atoms with Crippen LogP contribution in [-0.4, -0.2) is 5.43 Å². The van der Waals surface area contributed by atoms with Crippen LogP contribution in [0.15, 0.2) is 78.9 Å². The molecular formula is C23H24Cl2SiZr-2. The second-order valence-corrected chi connectivity index (χ2v) is 15.6. The summed E-state index contributed by atoms with van der Waals surface area (Å²) in [5.74, 6) is 0. The summed E-state index contributed by atoms with van der Waals surface area (Å²) in [6.45, 7) is 6.74. The summed E-state index contributed by atoms with van der Waals surface area (Å²) in [5.41, 5.74) is 4.14. The smallest absolute Gasteiger partial charge is 0.0579 e. The van der Waals surface area contributed by atoms with Crippen LogP contribution in [0.2, 0.25) is 13.1 Å². The molecular weight excluding hydrogens is 466 g/mol. The van der Waals surface area contributed by atoms with Gasteiger partial charge in [0.15, 0.2) is 0 Å². The molecule has 0 nitrogen and oxygen atoms in total. The van der Waals surface area contributed by atoms with Crippen molar-refractivity contribution in [3.05, 3.63) is 96.1 Å². The van der Waals surface area contributed by atoms with Crippen molar-refractivity contribution >= 4 is 21.8 Å². The molecule has 3 aromatic rings. The van der Waals surface area contributed by atoms with E-state index >= 15 is 0 Å². The van der Waals surface area contributed by atoms with Crippen LogP contribution < -0.4 is 24.8 Å². The summed E-state index contributed by atoms with van der Waals surface area (Å²) < 4.78 is 0. The van der Waals surface area contributed by atoms with Crippen LogP contribution in [0, 0.1) is 13.0 Å².